The molecule has 0 aliphatic rings. The Morgan fingerprint density at radius 1 is 1.13 bits per heavy atom. The van der Waals surface area contributed by atoms with Gasteiger partial charge in [0.1, 0.15) is 5.82 Å². The van der Waals surface area contributed by atoms with Gasteiger partial charge < -0.3 is 10.3 Å². The first-order chi connectivity index (χ1) is 11.2. The van der Waals surface area contributed by atoms with E-state index in [1.807, 2.05) is 12.1 Å². The minimum Gasteiger partial charge on any atom is -0.345 e. The van der Waals surface area contributed by atoms with Crippen molar-refractivity contribution in [2.75, 3.05) is 6.54 Å². The maximum atomic E-state index is 12.8. The second-order valence-corrected chi connectivity index (χ2v) is 6.04. The molecular formula is C19H22FN3. The summed E-state index contributed by atoms with van der Waals surface area (Å²) >= 11 is 0. The first kappa shape index (κ1) is 15.7. The molecule has 4 heteroatoms. The van der Waals surface area contributed by atoms with Crippen molar-refractivity contribution >= 4 is 11.0 Å². The van der Waals surface area contributed by atoms with Gasteiger partial charge in [0.05, 0.1) is 17.4 Å². The Bertz CT molecular complexity index is 749. The number of aromatic amines is 1. The van der Waals surface area contributed by atoms with Crippen molar-refractivity contribution in [1.29, 1.82) is 0 Å². The summed E-state index contributed by atoms with van der Waals surface area (Å²) in [5, 5.41) is 3.55. The van der Waals surface area contributed by atoms with Crippen molar-refractivity contribution in [2.45, 2.75) is 32.2 Å². The second kappa shape index (κ2) is 7.38. The summed E-state index contributed by atoms with van der Waals surface area (Å²) in [6.45, 7) is 3.17. The molecule has 3 rings (SSSR count). The molecule has 1 aromatic heterocycles. The van der Waals surface area contributed by atoms with Crippen molar-refractivity contribution < 1.29 is 4.39 Å². The van der Waals surface area contributed by atoms with E-state index in [1.54, 1.807) is 6.33 Å². The summed E-state index contributed by atoms with van der Waals surface area (Å²) in [6, 6.07) is 13.6. The van der Waals surface area contributed by atoms with E-state index in [0.717, 1.165) is 36.8 Å². The average molecular weight is 311 g/mol. The van der Waals surface area contributed by atoms with E-state index in [1.165, 1.54) is 23.3 Å². The van der Waals surface area contributed by atoms with Crippen LogP contribution in [0.3, 0.4) is 0 Å². The average Bonchev–Trinajstić information content (AvgIpc) is 3.01. The van der Waals surface area contributed by atoms with Crippen molar-refractivity contribution in [2.24, 2.45) is 0 Å². The quantitative estimate of drug-likeness (QED) is 0.651. The first-order valence-corrected chi connectivity index (χ1v) is 8.10. The van der Waals surface area contributed by atoms with E-state index in [9.17, 15) is 4.39 Å². The summed E-state index contributed by atoms with van der Waals surface area (Å²) < 4.78 is 12.8. The van der Waals surface area contributed by atoms with Gasteiger partial charge in [-0.05, 0) is 68.1 Å². The van der Waals surface area contributed by atoms with Gasteiger partial charge in [0.15, 0.2) is 0 Å². The molecular weight excluding hydrogens is 289 g/mol. The lowest BCUT2D eigenvalue weighted by Crippen LogP contribution is -2.29. The molecule has 1 heterocycles. The highest BCUT2D eigenvalue weighted by atomic mass is 19.1. The summed E-state index contributed by atoms with van der Waals surface area (Å²) in [5.74, 6) is -0.172. The molecule has 0 spiro atoms. The lowest BCUT2D eigenvalue weighted by molar-refractivity contribution is 0.534. The number of nitrogens with one attached hydrogen (secondary N) is 2. The lowest BCUT2D eigenvalue weighted by Gasteiger charge is -2.14. The minimum atomic E-state index is -0.172. The third-order valence-electron chi connectivity index (χ3n) is 4.07. The Labute approximate surface area is 136 Å². The molecule has 0 saturated heterocycles. The molecule has 0 aliphatic carbocycles. The first-order valence-electron chi connectivity index (χ1n) is 8.10. The number of rotatable bonds is 7. The Kier molecular flexibility index (Phi) is 5.03. The van der Waals surface area contributed by atoms with Crippen LogP contribution in [0.4, 0.5) is 4.39 Å². The smallest absolute Gasteiger partial charge is 0.123 e. The standard InChI is InChI=1S/C19H22FN3/c1-14(11-16-6-9-18-19(12-16)23-13-22-18)21-10-2-3-15-4-7-17(20)8-5-15/h4-9,12-14,21H,2-3,10-11H2,1H3,(H,22,23). The van der Waals surface area contributed by atoms with Gasteiger partial charge in [-0.2, -0.15) is 0 Å². The molecule has 1 atom stereocenters. The van der Waals surface area contributed by atoms with Gasteiger partial charge >= 0.3 is 0 Å². The number of halogens is 1. The van der Waals surface area contributed by atoms with Crippen LogP contribution >= 0.6 is 0 Å². The lowest BCUT2D eigenvalue weighted by atomic mass is 10.1. The Morgan fingerprint density at radius 2 is 1.91 bits per heavy atom. The Balaban J connectivity index is 1.42. The number of aryl methyl sites for hydroxylation is 1. The molecule has 120 valence electrons. The number of fused-ring (bicyclic) bond motifs is 1. The predicted molar refractivity (Wildman–Crippen MR) is 92.0 cm³/mol. The zero-order valence-corrected chi connectivity index (χ0v) is 13.3. The normalized spacial score (nSPS) is 12.6. The van der Waals surface area contributed by atoms with Crippen LogP contribution in [0.25, 0.3) is 11.0 Å². The number of H-pyrrole nitrogens is 1. The molecule has 0 aliphatic heterocycles. The number of imidazole rings is 1. The zero-order valence-electron chi connectivity index (χ0n) is 13.3. The fourth-order valence-corrected chi connectivity index (χ4v) is 2.83. The van der Waals surface area contributed by atoms with E-state index in [4.69, 9.17) is 0 Å². The van der Waals surface area contributed by atoms with Crippen LogP contribution in [0.15, 0.2) is 48.8 Å². The Hall–Kier alpha value is -2.20. The maximum Gasteiger partial charge on any atom is 0.123 e. The van der Waals surface area contributed by atoms with Crippen LogP contribution in [-0.2, 0) is 12.8 Å². The SMILES string of the molecule is CC(Cc1ccc2nc[nH]c2c1)NCCCc1ccc(F)cc1. The number of aromatic nitrogens is 2. The van der Waals surface area contributed by atoms with E-state index in [-0.39, 0.29) is 5.82 Å². The largest absolute Gasteiger partial charge is 0.345 e. The fraction of sp³-hybridized carbons (Fsp3) is 0.316. The number of hydrogen-bond acceptors (Lipinski definition) is 2. The molecule has 0 bridgehead atoms. The molecule has 0 fully saturated rings. The number of hydrogen-bond donors (Lipinski definition) is 2. The van der Waals surface area contributed by atoms with Gasteiger partial charge in [0.2, 0.25) is 0 Å². The highest BCUT2D eigenvalue weighted by Gasteiger charge is 2.05. The van der Waals surface area contributed by atoms with Gasteiger partial charge in [0, 0.05) is 6.04 Å². The third-order valence-corrected chi connectivity index (χ3v) is 4.07. The summed E-state index contributed by atoms with van der Waals surface area (Å²) in [7, 11) is 0. The van der Waals surface area contributed by atoms with Gasteiger partial charge in [-0.3, -0.25) is 0 Å². The highest BCUT2D eigenvalue weighted by Crippen LogP contribution is 2.13. The molecule has 0 amide bonds. The van der Waals surface area contributed by atoms with Gasteiger partial charge in [-0.25, -0.2) is 9.37 Å². The van der Waals surface area contributed by atoms with Crippen LogP contribution in [0, 0.1) is 5.82 Å². The topological polar surface area (TPSA) is 40.7 Å². The number of nitrogens with zero attached hydrogens (tertiary/aromatic N) is 1. The molecule has 3 aromatic rings. The van der Waals surface area contributed by atoms with Crippen molar-refractivity contribution in [3.8, 4) is 0 Å². The molecule has 0 radical (unpaired) electrons. The fourth-order valence-electron chi connectivity index (χ4n) is 2.83. The van der Waals surface area contributed by atoms with Crippen molar-refractivity contribution in [3.63, 3.8) is 0 Å². The van der Waals surface area contributed by atoms with Gasteiger partial charge in [-0.15, -0.1) is 0 Å². The summed E-state index contributed by atoms with van der Waals surface area (Å²) in [5.41, 5.74) is 4.59. The van der Waals surface area contributed by atoms with Crippen LogP contribution in [0.1, 0.15) is 24.5 Å². The third kappa shape index (κ3) is 4.39. The van der Waals surface area contributed by atoms with Gasteiger partial charge in [0.25, 0.3) is 0 Å². The van der Waals surface area contributed by atoms with E-state index >= 15 is 0 Å². The molecule has 1 unspecified atom stereocenters. The zero-order chi connectivity index (χ0) is 16.1. The molecule has 23 heavy (non-hydrogen) atoms. The van der Waals surface area contributed by atoms with Gasteiger partial charge in [-0.1, -0.05) is 18.2 Å². The van der Waals surface area contributed by atoms with Crippen LogP contribution in [-0.4, -0.2) is 22.6 Å². The van der Waals surface area contributed by atoms with Crippen LogP contribution in [0.5, 0.6) is 0 Å². The second-order valence-electron chi connectivity index (χ2n) is 6.04. The molecule has 3 nitrogen and oxygen atoms in total. The number of benzene rings is 2. The van der Waals surface area contributed by atoms with Crippen molar-refractivity contribution in [1.82, 2.24) is 15.3 Å². The van der Waals surface area contributed by atoms with E-state index in [2.05, 4.69) is 40.4 Å². The molecule has 0 saturated carbocycles. The van der Waals surface area contributed by atoms with Crippen molar-refractivity contribution in [3.05, 3.63) is 65.7 Å². The van der Waals surface area contributed by atoms with E-state index in [0.29, 0.717) is 6.04 Å². The maximum absolute atomic E-state index is 12.8. The highest BCUT2D eigenvalue weighted by molar-refractivity contribution is 5.75. The Morgan fingerprint density at radius 3 is 2.74 bits per heavy atom. The summed E-state index contributed by atoms with van der Waals surface area (Å²) in [4.78, 5) is 7.39. The predicted octanol–water partition coefficient (Wildman–Crippen LogP) is 3.86. The van der Waals surface area contributed by atoms with E-state index < -0.39 is 0 Å². The molecule has 2 aromatic carbocycles. The van der Waals surface area contributed by atoms with Crippen LogP contribution in [0.2, 0.25) is 0 Å². The molecule has 2 N–H and O–H groups in total. The van der Waals surface area contributed by atoms with Crippen LogP contribution < -0.4 is 5.32 Å². The summed E-state index contributed by atoms with van der Waals surface area (Å²) in [6.07, 6.45) is 4.74. The monoisotopic (exact) mass is 311 g/mol. The minimum absolute atomic E-state index is 0.172.